The zero-order chi connectivity index (χ0) is 34.5. The fourth-order valence-electron chi connectivity index (χ4n) is 8.74. The minimum Gasteiger partial charge on any atom is -0.508 e. The lowest BCUT2D eigenvalue weighted by molar-refractivity contribution is -0.137. The largest absolute Gasteiger partial charge is 0.508 e. The molecule has 4 aromatic rings. The Morgan fingerprint density at radius 1 is 1.12 bits per heavy atom. The number of fused-ring (bicyclic) bond motifs is 6. The highest BCUT2D eigenvalue weighted by Gasteiger charge is 2.49. The number of nitrogens with zero attached hydrogens (tertiary/aromatic N) is 4. The third-order valence-corrected chi connectivity index (χ3v) is 11.5. The highest BCUT2D eigenvalue weighted by molar-refractivity contribution is 6.05. The number of aryl methyl sites for hydroxylation is 1. The lowest BCUT2D eigenvalue weighted by atomic mass is 9.88. The number of rotatable bonds is 7. The predicted octanol–water partition coefficient (Wildman–Crippen LogP) is 6.18. The fourth-order valence-corrected chi connectivity index (χ4v) is 8.74. The van der Waals surface area contributed by atoms with Gasteiger partial charge in [-0.25, -0.2) is 4.39 Å². The molecule has 8 nitrogen and oxygen atoms in total. The number of hydrogen-bond acceptors (Lipinski definition) is 8. The minimum absolute atomic E-state index is 0.0423. The Hall–Kier alpha value is -4.18. The van der Waals surface area contributed by atoms with Gasteiger partial charge in [-0.3, -0.25) is 4.90 Å². The normalized spacial score (nSPS) is 25.5. The van der Waals surface area contributed by atoms with Crippen LogP contribution in [0.15, 0.2) is 30.3 Å². The van der Waals surface area contributed by atoms with Crippen molar-refractivity contribution in [1.29, 1.82) is 0 Å². The van der Waals surface area contributed by atoms with Crippen molar-refractivity contribution in [2.45, 2.75) is 69.4 Å². The molecule has 4 bridgehead atoms. The van der Waals surface area contributed by atoms with Crippen LogP contribution in [-0.4, -0.2) is 83.6 Å². The van der Waals surface area contributed by atoms with Gasteiger partial charge in [0.25, 0.3) is 0 Å². The minimum atomic E-state index is -4.96. The Labute approximate surface area is 286 Å². The topological polar surface area (TPSA) is 83.0 Å². The monoisotopic (exact) mass is 687 g/mol. The molecule has 5 heterocycles. The molecule has 5 aliphatic rings. The molecule has 0 radical (unpaired) electrons. The maximum atomic E-state index is 17.2. The molecule has 1 saturated carbocycles. The Morgan fingerprint density at radius 2 is 1.90 bits per heavy atom. The number of nitrogens with one attached hydrogen (secondary N) is 1. The zero-order valence-corrected chi connectivity index (χ0v) is 27.6. The van der Waals surface area contributed by atoms with E-state index in [2.05, 4.69) is 21.1 Å². The van der Waals surface area contributed by atoms with E-state index in [1.165, 1.54) is 6.07 Å². The van der Waals surface area contributed by atoms with Crippen LogP contribution < -0.4 is 15.0 Å². The number of morpholine rings is 1. The number of likely N-dealkylation sites (tertiary alicyclic amines) is 1. The van der Waals surface area contributed by atoms with Crippen molar-refractivity contribution >= 4 is 27.5 Å². The maximum absolute atomic E-state index is 17.2. The molecule has 4 saturated heterocycles. The van der Waals surface area contributed by atoms with Crippen LogP contribution in [0.4, 0.5) is 23.4 Å². The number of piperazine rings is 1. The van der Waals surface area contributed by atoms with Gasteiger partial charge in [0.05, 0.1) is 24.9 Å². The van der Waals surface area contributed by atoms with E-state index >= 15 is 17.6 Å². The number of ether oxygens (including phenoxy) is 2. The smallest absolute Gasteiger partial charge is 0.417 e. The average Bonchev–Trinajstić information content (AvgIpc) is 3.33. The number of anilines is 1. The summed E-state index contributed by atoms with van der Waals surface area (Å²) in [6.45, 7) is 5.57. The van der Waals surface area contributed by atoms with Crippen LogP contribution in [0.5, 0.6) is 11.8 Å². The number of benzene rings is 3. The van der Waals surface area contributed by atoms with E-state index in [4.69, 9.17) is 20.9 Å². The molecule has 9 rings (SSSR count). The number of phenols is 1. The molecule has 1 aliphatic carbocycles. The van der Waals surface area contributed by atoms with Crippen molar-refractivity contribution in [3.05, 3.63) is 52.8 Å². The third-order valence-electron chi connectivity index (χ3n) is 11.5. The first-order chi connectivity index (χ1) is 24.0. The first-order valence-electron chi connectivity index (χ1n) is 17.3. The van der Waals surface area contributed by atoms with Gasteiger partial charge in [-0.1, -0.05) is 18.1 Å². The summed E-state index contributed by atoms with van der Waals surface area (Å²) in [6.07, 6.45) is 6.03. The van der Waals surface area contributed by atoms with E-state index < -0.39 is 23.1 Å². The van der Waals surface area contributed by atoms with E-state index in [1.807, 2.05) is 4.90 Å². The summed E-state index contributed by atoms with van der Waals surface area (Å²) < 4.78 is 74.6. The Morgan fingerprint density at radius 3 is 2.56 bits per heavy atom. The van der Waals surface area contributed by atoms with E-state index in [1.54, 1.807) is 19.1 Å². The first-order valence-corrected chi connectivity index (χ1v) is 17.3. The molecule has 5 fully saturated rings. The number of aromatic nitrogens is 2. The van der Waals surface area contributed by atoms with Crippen molar-refractivity contribution in [3.63, 3.8) is 0 Å². The molecule has 1 aromatic heterocycles. The van der Waals surface area contributed by atoms with Gasteiger partial charge in [0, 0.05) is 71.6 Å². The molecule has 50 heavy (non-hydrogen) atoms. The average molecular weight is 688 g/mol. The van der Waals surface area contributed by atoms with Crippen LogP contribution in [0.1, 0.15) is 48.8 Å². The van der Waals surface area contributed by atoms with Gasteiger partial charge in [0.1, 0.15) is 17.1 Å². The van der Waals surface area contributed by atoms with Crippen molar-refractivity contribution in [1.82, 2.24) is 20.2 Å². The van der Waals surface area contributed by atoms with Crippen molar-refractivity contribution in [3.8, 4) is 35.2 Å². The van der Waals surface area contributed by atoms with E-state index in [-0.39, 0.29) is 63.0 Å². The van der Waals surface area contributed by atoms with Crippen LogP contribution in [0.2, 0.25) is 0 Å². The van der Waals surface area contributed by atoms with Crippen molar-refractivity contribution in [2.75, 3.05) is 44.3 Å². The Balaban J connectivity index is 1.20. The lowest BCUT2D eigenvalue weighted by Gasteiger charge is -2.34. The summed E-state index contributed by atoms with van der Waals surface area (Å²) >= 11 is 0. The van der Waals surface area contributed by atoms with Gasteiger partial charge in [-0.2, -0.15) is 23.1 Å². The number of hydrogen-bond donors (Lipinski definition) is 2. The molecule has 12 heteroatoms. The zero-order valence-electron chi connectivity index (χ0n) is 27.6. The molecule has 0 amide bonds. The van der Waals surface area contributed by atoms with E-state index in [0.29, 0.717) is 42.3 Å². The van der Waals surface area contributed by atoms with Gasteiger partial charge in [-0.05, 0) is 73.7 Å². The second-order valence-corrected chi connectivity index (χ2v) is 14.9. The molecule has 2 N–H and O–H groups in total. The Bertz CT molecular complexity index is 2080. The third kappa shape index (κ3) is 5.33. The fraction of sp³-hybridized carbons (Fsp3) is 0.474. The molecule has 0 spiro atoms. The molecular formula is C38H37F4N5O3. The van der Waals surface area contributed by atoms with Gasteiger partial charge < -0.3 is 24.8 Å². The summed E-state index contributed by atoms with van der Waals surface area (Å²) in [5.41, 5.74) is -1.49. The molecule has 4 atom stereocenters. The SMILES string of the molecule is C#Cc1c(C)ccc2cc(O)cc(-c3c(C(F)(F)F)cc4c(N5CC6CCC(C5)N6)nc(OCC5(CN6C[C@H]7C[C@@H]6CO7)CC5)nc4c3F)c12. The van der Waals surface area contributed by atoms with Gasteiger partial charge in [0.2, 0.25) is 0 Å². The second-order valence-electron chi connectivity index (χ2n) is 14.9. The highest BCUT2D eigenvalue weighted by atomic mass is 19.4. The summed E-state index contributed by atoms with van der Waals surface area (Å²) in [6, 6.07) is 7.51. The van der Waals surface area contributed by atoms with Gasteiger partial charge in [-0.15, -0.1) is 6.42 Å². The van der Waals surface area contributed by atoms with Gasteiger partial charge in [0.15, 0.2) is 5.82 Å². The van der Waals surface area contributed by atoms with Crippen molar-refractivity contribution in [2.24, 2.45) is 5.41 Å². The molecule has 3 aromatic carbocycles. The van der Waals surface area contributed by atoms with Crippen LogP contribution in [0, 0.1) is 30.5 Å². The van der Waals surface area contributed by atoms with Crippen LogP contribution >= 0.6 is 0 Å². The summed E-state index contributed by atoms with van der Waals surface area (Å²) in [5.74, 6) is 1.31. The predicted molar refractivity (Wildman–Crippen MR) is 181 cm³/mol. The summed E-state index contributed by atoms with van der Waals surface area (Å²) in [4.78, 5) is 13.6. The Kier molecular flexibility index (Phi) is 7.26. The quantitative estimate of drug-likeness (QED) is 0.176. The number of alkyl halides is 3. The second kappa shape index (κ2) is 11.4. The molecular weight excluding hydrogens is 650 g/mol. The standard InChI is InChI=1S/C38H37F4N5O3/c1-3-27-20(2)4-5-21-10-25(48)12-28(31(21)27)32-30(38(40,41)42)13-29-34(33(32)39)44-36(45-35(29)46-14-22-6-7-23(15-46)43-22)50-19-37(8-9-37)18-47-16-26-11-24(47)17-49-26/h1,4-5,10,12-13,22-24,26,43,48H,6-9,11,14-19H2,2H3/t22?,23?,24-,26-/m1/s1. The number of aromatic hydroxyl groups is 1. The number of halogens is 4. The number of terminal acetylenes is 1. The maximum Gasteiger partial charge on any atom is 0.417 e. The highest BCUT2D eigenvalue weighted by Crippen LogP contribution is 2.49. The summed E-state index contributed by atoms with van der Waals surface area (Å²) in [5, 5.41) is 14.8. The summed E-state index contributed by atoms with van der Waals surface area (Å²) in [7, 11) is 0. The van der Waals surface area contributed by atoms with Crippen LogP contribution in [0.3, 0.4) is 0 Å². The van der Waals surface area contributed by atoms with Crippen LogP contribution in [0.25, 0.3) is 32.8 Å². The molecule has 2 unspecified atom stereocenters. The van der Waals surface area contributed by atoms with E-state index in [0.717, 1.165) is 63.9 Å². The molecule has 4 aliphatic heterocycles. The molecule has 260 valence electrons. The van der Waals surface area contributed by atoms with E-state index in [9.17, 15) is 5.11 Å². The van der Waals surface area contributed by atoms with Crippen molar-refractivity contribution < 1.29 is 32.1 Å². The van der Waals surface area contributed by atoms with Crippen LogP contribution in [-0.2, 0) is 10.9 Å². The number of phenolic OH excluding ortho intramolecular Hbond substituents is 1. The van der Waals surface area contributed by atoms with Gasteiger partial charge >= 0.3 is 12.2 Å². The first kappa shape index (κ1) is 31.8. The lowest BCUT2D eigenvalue weighted by Crippen LogP contribution is -2.51.